The molecule has 9 nitrogen and oxygen atoms in total. The van der Waals surface area contributed by atoms with Crippen LogP contribution in [0.5, 0.6) is 5.88 Å². The Morgan fingerprint density at radius 1 is 1.00 bits per heavy atom. The largest absolute Gasteiger partial charge is 0.481 e. The third-order valence-electron chi connectivity index (χ3n) is 7.40. The Hall–Kier alpha value is -3.50. The van der Waals surface area contributed by atoms with Crippen molar-refractivity contribution in [1.29, 1.82) is 0 Å². The molecule has 184 valence electrons. The molecule has 3 atom stereocenters. The molecule has 11 heteroatoms. The second-order valence-electron chi connectivity index (χ2n) is 9.51. The van der Waals surface area contributed by atoms with Crippen LogP contribution in [0.1, 0.15) is 25.7 Å². The van der Waals surface area contributed by atoms with Crippen molar-refractivity contribution in [3.05, 3.63) is 42.2 Å². The molecule has 4 heterocycles. The molecule has 1 aliphatic carbocycles. The van der Waals surface area contributed by atoms with Crippen LogP contribution in [-0.4, -0.2) is 57.5 Å². The van der Waals surface area contributed by atoms with Crippen molar-refractivity contribution in [1.82, 2.24) is 24.7 Å². The Balaban J connectivity index is 1.21. The van der Waals surface area contributed by atoms with E-state index in [4.69, 9.17) is 14.8 Å². The van der Waals surface area contributed by atoms with Gasteiger partial charge in [0.05, 0.1) is 7.11 Å². The fourth-order valence-electron chi connectivity index (χ4n) is 5.68. The van der Waals surface area contributed by atoms with Crippen molar-refractivity contribution in [2.45, 2.75) is 38.3 Å². The Kier molecular flexibility index (Phi) is 5.62. The van der Waals surface area contributed by atoms with Crippen molar-refractivity contribution >= 4 is 23.4 Å². The molecule has 2 aromatic heterocycles. The number of ether oxygens (including phenoxy) is 1. The Morgan fingerprint density at radius 2 is 1.80 bits per heavy atom. The minimum Gasteiger partial charge on any atom is -0.481 e. The van der Waals surface area contributed by atoms with Crippen molar-refractivity contribution in [2.75, 3.05) is 41.9 Å². The summed E-state index contributed by atoms with van der Waals surface area (Å²) in [5, 5.41) is 8.37. The zero-order valence-electron chi connectivity index (χ0n) is 19.6. The van der Waals surface area contributed by atoms with Crippen LogP contribution < -0.4 is 19.9 Å². The first kappa shape index (κ1) is 22.0. The highest BCUT2D eigenvalue weighted by Gasteiger charge is 2.43. The fourth-order valence-corrected chi connectivity index (χ4v) is 5.68. The predicted octanol–water partition coefficient (Wildman–Crippen LogP) is 3.61. The first-order chi connectivity index (χ1) is 17.1. The van der Waals surface area contributed by atoms with Gasteiger partial charge in [0.25, 0.3) is 0 Å². The average molecular weight is 483 g/mol. The number of nitrogens with zero attached hydrogens (tertiary/aromatic N) is 7. The fraction of sp³-hybridized carbons (Fsp3) is 0.500. The van der Waals surface area contributed by atoms with E-state index in [1.165, 1.54) is 6.07 Å². The van der Waals surface area contributed by atoms with Gasteiger partial charge < -0.3 is 19.9 Å². The number of fused-ring (bicyclic) bond motifs is 3. The summed E-state index contributed by atoms with van der Waals surface area (Å²) < 4.78 is 34.6. The third kappa shape index (κ3) is 4.12. The summed E-state index contributed by atoms with van der Waals surface area (Å²) in [5.41, 5.74) is 0.583. The van der Waals surface area contributed by atoms with Crippen LogP contribution in [0.15, 0.2) is 30.6 Å². The number of hydrogen-bond donors (Lipinski definition) is 1. The maximum atomic E-state index is 13.9. The van der Waals surface area contributed by atoms with Crippen LogP contribution in [-0.2, 0) is 6.54 Å². The molecular formula is C24H28F2N8O. The van der Waals surface area contributed by atoms with Crippen molar-refractivity contribution in [3.8, 4) is 5.88 Å². The van der Waals surface area contributed by atoms with Gasteiger partial charge in [0.15, 0.2) is 11.6 Å². The van der Waals surface area contributed by atoms with Gasteiger partial charge in [-0.25, -0.2) is 23.4 Å². The molecule has 6 rings (SSSR count). The molecule has 3 aliphatic rings. The zero-order valence-corrected chi connectivity index (χ0v) is 19.6. The number of halogens is 2. The van der Waals surface area contributed by atoms with E-state index in [1.54, 1.807) is 19.5 Å². The number of nitrogens with one attached hydrogen (secondary N) is 1. The van der Waals surface area contributed by atoms with Gasteiger partial charge >= 0.3 is 0 Å². The molecule has 2 fully saturated rings. The average Bonchev–Trinajstić information content (AvgIpc) is 3.27. The highest BCUT2D eigenvalue weighted by Crippen LogP contribution is 2.40. The normalized spacial score (nSPS) is 23.7. The van der Waals surface area contributed by atoms with Crippen molar-refractivity contribution < 1.29 is 13.5 Å². The summed E-state index contributed by atoms with van der Waals surface area (Å²) in [6.45, 7) is 3.20. The maximum Gasteiger partial charge on any atom is 0.244 e. The quantitative estimate of drug-likeness (QED) is 0.591. The maximum absolute atomic E-state index is 13.9. The lowest BCUT2D eigenvalue weighted by atomic mass is 9.92. The smallest absolute Gasteiger partial charge is 0.244 e. The van der Waals surface area contributed by atoms with Gasteiger partial charge in [-0.15, -0.1) is 5.10 Å². The number of rotatable bonds is 5. The first-order valence-corrected chi connectivity index (χ1v) is 12.1. The first-order valence-electron chi connectivity index (χ1n) is 12.1. The van der Waals surface area contributed by atoms with E-state index in [-0.39, 0.29) is 6.04 Å². The molecule has 2 aliphatic heterocycles. The summed E-state index contributed by atoms with van der Waals surface area (Å²) in [5.74, 6) is 1.89. The predicted molar refractivity (Wildman–Crippen MR) is 127 cm³/mol. The highest BCUT2D eigenvalue weighted by molar-refractivity contribution is 5.59. The molecule has 2 bridgehead atoms. The van der Waals surface area contributed by atoms with Gasteiger partial charge in [0.2, 0.25) is 17.8 Å². The van der Waals surface area contributed by atoms with Crippen LogP contribution in [0.3, 0.4) is 0 Å². The van der Waals surface area contributed by atoms with E-state index >= 15 is 0 Å². The van der Waals surface area contributed by atoms with E-state index in [9.17, 15) is 8.78 Å². The Labute approximate surface area is 202 Å². The monoisotopic (exact) mass is 482 g/mol. The highest BCUT2D eigenvalue weighted by atomic mass is 19.2. The lowest BCUT2D eigenvalue weighted by Crippen LogP contribution is -2.48. The summed E-state index contributed by atoms with van der Waals surface area (Å²) in [7, 11) is 1.61. The van der Waals surface area contributed by atoms with Gasteiger partial charge in [0, 0.05) is 50.0 Å². The van der Waals surface area contributed by atoms with Gasteiger partial charge in [-0.1, -0.05) is 0 Å². The molecule has 0 radical (unpaired) electrons. The molecule has 1 saturated heterocycles. The van der Waals surface area contributed by atoms with Crippen LogP contribution in [0, 0.1) is 23.5 Å². The van der Waals surface area contributed by atoms with Crippen molar-refractivity contribution in [2.24, 2.45) is 11.8 Å². The van der Waals surface area contributed by atoms with Gasteiger partial charge in [-0.2, -0.15) is 4.98 Å². The summed E-state index contributed by atoms with van der Waals surface area (Å²) >= 11 is 0. The minimum absolute atomic E-state index is 0.276. The van der Waals surface area contributed by atoms with Gasteiger partial charge in [-0.05, 0) is 49.7 Å². The number of methoxy groups -OCH3 is 1. The molecule has 1 saturated carbocycles. The van der Waals surface area contributed by atoms with Crippen molar-refractivity contribution in [3.63, 3.8) is 0 Å². The summed E-state index contributed by atoms with van der Waals surface area (Å²) in [6.07, 6.45) is 5.68. The number of piperidine rings is 1. The second kappa shape index (κ2) is 8.94. The number of hydrogen-bond acceptors (Lipinski definition) is 8. The van der Waals surface area contributed by atoms with E-state index in [1.807, 2.05) is 15.6 Å². The number of benzene rings is 1. The standard InChI is InChI=1S/C24H28F2N8O/c1-35-21-11-20(27-14-28-21)32-12-15-4-5-16(13-32)22(15)29-23-30-24-33(8-2-3-9-34(24)31-23)17-6-7-18(25)19(26)10-17/h6-7,10-11,14-16,22H,2-5,8-9,12-13H2,1H3,(H,29,31)/t15-,16+,22+. The number of anilines is 4. The minimum atomic E-state index is -0.860. The molecule has 0 unspecified atom stereocenters. The molecule has 0 spiro atoms. The lowest BCUT2D eigenvalue weighted by Gasteiger charge is -2.38. The Morgan fingerprint density at radius 3 is 2.57 bits per heavy atom. The third-order valence-corrected chi connectivity index (χ3v) is 7.40. The molecular weight excluding hydrogens is 454 g/mol. The van der Waals surface area contributed by atoms with E-state index < -0.39 is 11.6 Å². The van der Waals surface area contributed by atoms with Crippen LogP contribution in [0.4, 0.5) is 32.2 Å². The second-order valence-corrected chi connectivity index (χ2v) is 9.51. The van der Waals surface area contributed by atoms with E-state index in [0.29, 0.717) is 41.8 Å². The SMILES string of the molecule is COc1cc(N2C[C@H]3CC[C@@H](C2)[C@H]3Nc2nc3n(n2)CCCCN3c2ccc(F)c(F)c2)ncn1. The molecule has 35 heavy (non-hydrogen) atoms. The number of aromatic nitrogens is 5. The molecule has 1 N–H and O–H groups in total. The molecule has 1 aromatic carbocycles. The lowest BCUT2D eigenvalue weighted by molar-refractivity contribution is 0.372. The summed E-state index contributed by atoms with van der Waals surface area (Å²) in [4.78, 5) is 17.6. The zero-order chi connectivity index (χ0) is 23.9. The number of aryl methyl sites for hydroxylation is 1. The Bertz CT molecular complexity index is 1210. The van der Waals surface area contributed by atoms with Gasteiger partial charge in [-0.3, -0.25) is 0 Å². The van der Waals surface area contributed by atoms with Crippen LogP contribution >= 0.6 is 0 Å². The molecule has 0 amide bonds. The van der Waals surface area contributed by atoms with Gasteiger partial charge in [0.1, 0.15) is 12.1 Å². The van der Waals surface area contributed by atoms with Crippen LogP contribution in [0.25, 0.3) is 0 Å². The van der Waals surface area contributed by atoms with E-state index in [0.717, 1.165) is 57.2 Å². The topological polar surface area (TPSA) is 84.2 Å². The van der Waals surface area contributed by atoms with E-state index in [2.05, 4.69) is 20.2 Å². The van der Waals surface area contributed by atoms with Crippen LogP contribution in [0.2, 0.25) is 0 Å². The summed E-state index contributed by atoms with van der Waals surface area (Å²) in [6, 6.07) is 6.14. The molecule has 3 aromatic rings.